The number of fused-ring (bicyclic) bond motifs is 1. The van der Waals surface area contributed by atoms with Crippen molar-refractivity contribution in [3.8, 4) is 0 Å². The lowest BCUT2D eigenvalue weighted by atomic mass is 9.99. The van der Waals surface area contributed by atoms with Crippen molar-refractivity contribution in [3.63, 3.8) is 0 Å². The summed E-state index contributed by atoms with van der Waals surface area (Å²) in [6.07, 6.45) is 6.12. The summed E-state index contributed by atoms with van der Waals surface area (Å²) < 4.78 is 0. The van der Waals surface area contributed by atoms with Crippen molar-refractivity contribution >= 4 is 5.69 Å². The van der Waals surface area contributed by atoms with Crippen LogP contribution >= 0.6 is 0 Å². The molecule has 0 spiro atoms. The summed E-state index contributed by atoms with van der Waals surface area (Å²) in [7, 11) is 0. The molecule has 0 bridgehead atoms. The Hall–Kier alpha value is -1.06. The van der Waals surface area contributed by atoms with Gasteiger partial charge in [-0.15, -0.1) is 0 Å². The van der Waals surface area contributed by atoms with Crippen LogP contribution in [0.5, 0.6) is 0 Å². The highest BCUT2D eigenvalue weighted by Gasteiger charge is 2.35. The fourth-order valence-electron chi connectivity index (χ4n) is 3.53. The lowest BCUT2D eigenvalue weighted by Crippen LogP contribution is -2.41. The number of nitrogens with one attached hydrogen (secondary N) is 1. The van der Waals surface area contributed by atoms with E-state index >= 15 is 0 Å². The van der Waals surface area contributed by atoms with Gasteiger partial charge in [0, 0.05) is 30.9 Å². The van der Waals surface area contributed by atoms with Crippen LogP contribution in [0.3, 0.4) is 0 Å². The molecule has 0 saturated carbocycles. The second kappa shape index (κ2) is 5.93. The molecule has 0 amide bonds. The third-order valence-electron chi connectivity index (χ3n) is 4.56. The zero-order valence-electron chi connectivity index (χ0n) is 11.5. The first kappa shape index (κ1) is 12.9. The number of piperidine rings is 1. The fraction of sp³-hybridized carbons (Fsp3) is 0.625. The molecule has 2 heterocycles. The van der Waals surface area contributed by atoms with Crippen LogP contribution in [0.4, 0.5) is 5.69 Å². The minimum absolute atomic E-state index is 0.229. The monoisotopic (exact) mass is 260 g/mol. The molecule has 1 aromatic carbocycles. The van der Waals surface area contributed by atoms with E-state index < -0.39 is 0 Å². The topological polar surface area (TPSA) is 35.5 Å². The maximum atomic E-state index is 8.93. The molecule has 2 atom stereocenters. The first-order valence-electron chi connectivity index (χ1n) is 7.57. The lowest BCUT2D eigenvalue weighted by molar-refractivity contribution is 0.193. The normalized spacial score (nSPS) is 27.2. The van der Waals surface area contributed by atoms with Gasteiger partial charge in [-0.1, -0.05) is 18.6 Å². The Labute approximate surface area is 115 Å². The Bertz CT molecular complexity index is 404. The number of aliphatic hydroxyl groups excluding tert-OH is 1. The Morgan fingerprint density at radius 3 is 2.74 bits per heavy atom. The largest absolute Gasteiger partial charge is 0.396 e. The predicted octanol–water partition coefficient (Wildman–Crippen LogP) is 2.26. The molecule has 2 aliphatic rings. The van der Waals surface area contributed by atoms with Crippen LogP contribution in [0.15, 0.2) is 24.3 Å². The van der Waals surface area contributed by atoms with Gasteiger partial charge in [-0.2, -0.15) is 0 Å². The van der Waals surface area contributed by atoms with Crippen LogP contribution in [0.2, 0.25) is 0 Å². The van der Waals surface area contributed by atoms with Crippen LogP contribution in [0.25, 0.3) is 0 Å². The van der Waals surface area contributed by atoms with Crippen LogP contribution < -0.4 is 5.32 Å². The third-order valence-corrected chi connectivity index (χ3v) is 4.56. The molecular formula is C16H24N2O. The van der Waals surface area contributed by atoms with Crippen molar-refractivity contribution in [2.24, 2.45) is 0 Å². The molecule has 2 N–H and O–H groups in total. The maximum absolute atomic E-state index is 8.93. The zero-order valence-corrected chi connectivity index (χ0v) is 11.5. The van der Waals surface area contributed by atoms with E-state index in [0.29, 0.717) is 6.04 Å². The molecule has 3 rings (SSSR count). The summed E-state index contributed by atoms with van der Waals surface area (Å²) in [5, 5.41) is 12.6. The molecule has 0 radical (unpaired) electrons. The Kier molecular flexibility index (Phi) is 4.04. The average Bonchev–Trinajstić information content (AvgIpc) is 2.85. The Balaban J connectivity index is 1.61. The first-order valence-corrected chi connectivity index (χ1v) is 7.57. The molecule has 19 heavy (non-hydrogen) atoms. The lowest BCUT2D eigenvalue weighted by Gasteiger charge is -2.33. The fourth-order valence-corrected chi connectivity index (χ4v) is 3.53. The van der Waals surface area contributed by atoms with Crippen LogP contribution in [-0.2, 0) is 6.42 Å². The number of hydrogen-bond donors (Lipinski definition) is 2. The minimum Gasteiger partial charge on any atom is -0.396 e. The molecular weight excluding hydrogens is 236 g/mol. The molecule has 3 nitrogen and oxygen atoms in total. The molecule has 0 aromatic heterocycles. The predicted molar refractivity (Wildman–Crippen MR) is 78.5 cm³/mol. The number of anilines is 1. The van der Waals surface area contributed by atoms with E-state index in [1.54, 1.807) is 0 Å². The number of benzene rings is 1. The van der Waals surface area contributed by atoms with Crippen LogP contribution in [0, 0.1) is 0 Å². The van der Waals surface area contributed by atoms with Gasteiger partial charge < -0.3 is 10.4 Å². The summed E-state index contributed by atoms with van der Waals surface area (Å²) in [6, 6.07) is 9.89. The summed E-state index contributed by atoms with van der Waals surface area (Å²) in [5.41, 5.74) is 2.43. The van der Waals surface area contributed by atoms with E-state index in [9.17, 15) is 0 Å². The van der Waals surface area contributed by atoms with Gasteiger partial charge in [-0.05, 0) is 49.9 Å². The average molecular weight is 260 g/mol. The van der Waals surface area contributed by atoms with Gasteiger partial charge in [-0.3, -0.25) is 4.90 Å². The summed E-state index contributed by atoms with van der Waals surface area (Å²) in [4.78, 5) is 2.65. The molecule has 2 fully saturated rings. The van der Waals surface area contributed by atoms with Crippen molar-refractivity contribution in [3.05, 3.63) is 29.8 Å². The molecule has 2 saturated heterocycles. The molecule has 104 valence electrons. The maximum Gasteiger partial charge on any atom is 0.0471 e. The zero-order chi connectivity index (χ0) is 13.1. The smallest absolute Gasteiger partial charge is 0.0471 e. The van der Waals surface area contributed by atoms with Gasteiger partial charge in [0.05, 0.1) is 0 Å². The van der Waals surface area contributed by atoms with E-state index in [2.05, 4.69) is 34.5 Å². The minimum atomic E-state index is 0.229. The number of hydrogen-bond acceptors (Lipinski definition) is 3. The van der Waals surface area contributed by atoms with Crippen LogP contribution in [-0.4, -0.2) is 41.8 Å². The van der Waals surface area contributed by atoms with Crippen molar-refractivity contribution in [2.45, 2.75) is 44.2 Å². The molecule has 1 aromatic rings. The van der Waals surface area contributed by atoms with Crippen molar-refractivity contribution in [1.29, 1.82) is 0 Å². The quantitative estimate of drug-likeness (QED) is 0.871. The van der Waals surface area contributed by atoms with Gasteiger partial charge in [-0.25, -0.2) is 0 Å². The van der Waals surface area contributed by atoms with Gasteiger partial charge >= 0.3 is 0 Å². The highest BCUT2D eigenvalue weighted by molar-refractivity contribution is 5.46. The van der Waals surface area contributed by atoms with Gasteiger partial charge in [0.15, 0.2) is 0 Å². The second-order valence-electron chi connectivity index (χ2n) is 5.81. The van der Waals surface area contributed by atoms with E-state index in [-0.39, 0.29) is 6.61 Å². The van der Waals surface area contributed by atoms with Crippen molar-refractivity contribution < 1.29 is 5.11 Å². The standard InChI is InChI=1S/C16H24N2O/c19-12-9-13-4-6-14(7-5-13)17-15-8-11-18-10-2-1-3-16(15)18/h4-7,15-17,19H,1-3,8-12H2. The van der Waals surface area contributed by atoms with E-state index in [1.807, 2.05) is 0 Å². The summed E-state index contributed by atoms with van der Waals surface area (Å²) in [6.45, 7) is 2.77. The third kappa shape index (κ3) is 2.93. The molecule has 2 unspecified atom stereocenters. The van der Waals surface area contributed by atoms with Crippen molar-refractivity contribution in [2.75, 3.05) is 25.0 Å². The van der Waals surface area contributed by atoms with Gasteiger partial charge in [0.25, 0.3) is 0 Å². The molecule has 3 heteroatoms. The Morgan fingerprint density at radius 2 is 1.95 bits per heavy atom. The SMILES string of the molecule is OCCc1ccc(NC2CCN3CCCCC23)cc1. The van der Waals surface area contributed by atoms with Gasteiger partial charge in [0.2, 0.25) is 0 Å². The van der Waals surface area contributed by atoms with Crippen LogP contribution in [0.1, 0.15) is 31.2 Å². The Morgan fingerprint density at radius 1 is 1.11 bits per heavy atom. The van der Waals surface area contributed by atoms with E-state index in [0.717, 1.165) is 12.5 Å². The van der Waals surface area contributed by atoms with E-state index in [4.69, 9.17) is 5.11 Å². The molecule has 2 aliphatic heterocycles. The number of nitrogens with zero attached hydrogens (tertiary/aromatic N) is 1. The summed E-state index contributed by atoms with van der Waals surface area (Å²) >= 11 is 0. The highest BCUT2D eigenvalue weighted by Crippen LogP contribution is 2.29. The van der Waals surface area contributed by atoms with Gasteiger partial charge in [0.1, 0.15) is 0 Å². The molecule has 0 aliphatic carbocycles. The second-order valence-corrected chi connectivity index (χ2v) is 5.81. The highest BCUT2D eigenvalue weighted by atomic mass is 16.2. The number of rotatable bonds is 4. The first-order chi connectivity index (χ1) is 9.36. The summed E-state index contributed by atoms with van der Waals surface area (Å²) in [5.74, 6) is 0. The van der Waals surface area contributed by atoms with E-state index in [1.165, 1.54) is 50.0 Å². The van der Waals surface area contributed by atoms with Crippen molar-refractivity contribution in [1.82, 2.24) is 4.90 Å². The number of aliphatic hydroxyl groups is 1.